The van der Waals surface area contributed by atoms with E-state index in [9.17, 15) is 0 Å². The zero-order chi connectivity index (χ0) is 10.1. The maximum absolute atomic E-state index is 5.89. The fourth-order valence-corrected chi connectivity index (χ4v) is 2.27. The van der Waals surface area contributed by atoms with E-state index in [2.05, 4.69) is 31.0 Å². The molecule has 76 valence electrons. The van der Waals surface area contributed by atoms with Crippen molar-refractivity contribution in [1.29, 1.82) is 0 Å². The van der Waals surface area contributed by atoms with Gasteiger partial charge in [-0.3, -0.25) is 0 Å². The summed E-state index contributed by atoms with van der Waals surface area (Å²) in [5, 5.41) is 0. The van der Waals surface area contributed by atoms with Crippen molar-refractivity contribution in [3.63, 3.8) is 0 Å². The molecule has 2 N–H and O–H groups in total. The lowest BCUT2D eigenvalue weighted by Crippen LogP contribution is -2.27. The summed E-state index contributed by atoms with van der Waals surface area (Å²) in [6.45, 7) is 4.42. The standard InChI is InChI=1S/C12H18N2/c1-3-9-6-11(13)7-10-8-14(2)5-4-12(9)10/h6-7H,3-5,8,13H2,1-2H3. The van der Waals surface area contributed by atoms with Crippen LogP contribution in [0.15, 0.2) is 12.1 Å². The first-order valence-corrected chi connectivity index (χ1v) is 5.29. The Hall–Kier alpha value is -1.02. The van der Waals surface area contributed by atoms with E-state index >= 15 is 0 Å². The van der Waals surface area contributed by atoms with E-state index in [1.807, 2.05) is 0 Å². The van der Waals surface area contributed by atoms with Gasteiger partial charge in [-0.1, -0.05) is 6.92 Å². The summed E-state index contributed by atoms with van der Waals surface area (Å²) < 4.78 is 0. The van der Waals surface area contributed by atoms with Gasteiger partial charge in [0, 0.05) is 18.8 Å². The molecule has 1 aliphatic heterocycles. The predicted octanol–water partition coefficient (Wildman–Crippen LogP) is 1.82. The van der Waals surface area contributed by atoms with Crippen molar-refractivity contribution in [3.8, 4) is 0 Å². The highest BCUT2D eigenvalue weighted by Gasteiger charge is 2.15. The smallest absolute Gasteiger partial charge is 0.0320 e. The van der Waals surface area contributed by atoms with Gasteiger partial charge in [0.25, 0.3) is 0 Å². The van der Waals surface area contributed by atoms with Gasteiger partial charge in [0.15, 0.2) is 0 Å². The Kier molecular flexibility index (Phi) is 2.46. The van der Waals surface area contributed by atoms with Gasteiger partial charge in [-0.15, -0.1) is 0 Å². The summed E-state index contributed by atoms with van der Waals surface area (Å²) in [7, 11) is 2.16. The first kappa shape index (κ1) is 9.53. The number of aryl methyl sites for hydroxylation is 1. The largest absolute Gasteiger partial charge is 0.399 e. The van der Waals surface area contributed by atoms with Crippen molar-refractivity contribution < 1.29 is 0 Å². The molecule has 0 fully saturated rings. The number of fused-ring (bicyclic) bond motifs is 1. The Morgan fingerprint density at radius 2 is 2.21 bits per heavy atom. The number of benzene rings is 1. The van der Waals surface area contributed by atoms with Crippen LogP contribution in [0, 0.1) is 0 Å². The molecule has 0 saturated heterocycles. The lowest BCUT2D eigenvalue weighted by molar-refractivity contribution is 0.312. The van der Waals surface area contributed by atoms with Crippen LogP contribution >= 0.6 is 0 Å². The first-order valence-electron chi connectivity index (χ1n) is 5.29. The van der Waals surface area contributed by atoms with Gasteiger partial charge in [0.05, 0.1) is 0 Å². The van der Waals surface area contributed by atoms with Crippen molar-refractivity contribution in [3.05, 3.63) is 28.8 Å². The number of nitrogens with zero attached hydrogens (tertiary/aromatic N) is 1. The van der Waals surface area contributed by atoms with Crippen LogP contribution in [-0.4, -0.2) is 18.5 Å². The van der Waals surface area contributed by atoms with Crippen LogP contribution in [-0.2, 0) is 19.4 Å². The molecule has 0 aliphatic carbocycles. The van der Waals surface area contributed by atoms with Crippen LogP contribution in [0.3, 0.4) is 0 Å². The fourth-order valence-electron chi connectivity index (χ4n) is 2.27. The highest BCUT2D eigenvalue weighted by atomic mass is 15.1. The van der Waals surface area contributed by atoms with Crippen LogP contribution in [0.1, 0.15) is 23.6 Å². The molecule has 0 radical (unpaired) electrons. The second kappa shape index (κ2) is 3.62. The van der Waals surface area contributed by atoms with Gasteiger partial charge in [-0.05, 0) is 48.7 Å². The molecule has 0 saturated carbocycles. The monoisotopic (exact) mass is 190 g/mol. The van der Waals surface area contributed by atoms with Gasteiger partial charge >= 0.3 is 0 Å². The summed E-state index contributed by atoms with van der Waals surface area (Å²) in [5.74, 6) is 0. The van der Waals surface area contributed by atoms with Crippen LogP contribution in [0.5, 0.6) is 0 Å². The zero-order valence-corrected chi connectivity index (χ0v) is 9.01. The van der Waals surface area contributed by atoms with Crippen molar-refractivity contribution in [1.82, 2.24) is 4.90 Å². The molecule has 0 amide bonds. The molecule has 0 spiro atoms. The third-order valence-electron chi connectivity index (χ3n) is 3.02. The van der Waals surface area contributed by atoms with Gasteiger partial charge in [0.2, 0.25) is 0 Å². The van der Waals surface area contributed by atoms with Gasteiger partial charge < -0.3 is 10.6 Å². The predicted molar refractivity (Wildman–Crippen MR) is 60.3 cm³/mol. The maximum atomic E-state index is 5.89. The number of anilines is 1. The van der Waals surface area contributed by atoms with E-state index in [4.69, 9.17) is 5.73 Å². The summed E-state index contributed by atoms with van der Waals surface area (Å²) in [5.41, 5.74) is 11.2. The van der Waals surface area contributed by atoms with Crippen LogP contribution in [0.4, 0.5) is 5.69 Å². The minimum atomic E-state index is 0.913. The third-order valence-corrected chi connectivity index (χ3v) is 3.02. The van der Waals surface area contributed by atoms with Crippen molar-refractivity contribution in [2.75, 3.05) is 19.3 Å². The third kappa shape index (κ3) is 1.62. The molecule has 1 aromatic carbocycles. The average molecular weight is 190 g/mol. The van der Waals surface area contributed by atoms with E-state index < -0.39 is 0 Å². The minimum Gasteiger partial charge on any atom is -0.399 e. The molecular formula is C12H18N2. The average Bonchev–Trinajstić information content (AvgIpc) is 2.15. The minimum absolute atomic E-state index is 0.913. The molecule has 2 rings (SSSR count). The Morgan fingerprint density at radius 1 is 1.43 bits per heavy atom. The van der Waals surface area contributed by atoms with Crippen molar-refractivity contribution in [2.45, 2.75) is 26.3 Å². The first-order chi connectivity index (χ1) is 6.70. The summed E-state index contributed by atoms with van der Waals surface area (Å²) >= 11 is 0. The summed E-state index contributed by atoms with van der Waals surface area (Å²) in [4.78, 5) is 2.35. The van der Waals surface area contributed by atoms with E-state index in [1.165, 1.54) is 24.1 Å². The number of rotatable bonds is 1. The fraction of sp³-hybridized carbons (Fsp3) is 0.500. The number of hydrogen-bond donors (Lipinski definition) is 1. The number of hydrogen-bond acceptors (Lipinski definition) is 2. The number of nitrogens with two attached hydrogens (primary N) is 1. The summed E-state index contributed by atoms with van der Waals surface area (Å²) in [6, 6.07) is 4.26. The van der Waals surface area contributed by atoms with Gasteiger partial charge in [0.1, 0.15) is 0 Å². The normalized spacial score (nSPS) is 16.7. The van der Waals surface area contributed by atoms with Crippen molar-refractivity contribution >= 4 is 5.69 Å². The van der Waals surface area contributed by atoms with Crippen molar-refractivity contribution in [2.24, 2.45) is 0 Å². The second-order valence-electron chi connectivity index (χ2n) is 4.16. The SMILES string of the molecule is CCc1cc(N)cc2c1CCN(C)C2. The highest BCUT2D eigenvalue weighted by Crippen LogP contribution is 2.25. The molecular weight excluding hydrogens is 172 g/mol. The van der Waals surface area contributed by atoms with Gasteiger partial charge in [-0.2, -0.15) is 0 Å². The number of nitrogen functional groups attached to an aromatic ring is 1. The lowest BCUT2D eigenvalue weighted by Gasteiger charge is -2.27. The topological polar surface area (TPSA) is 29.3 Å². The van der Waals surface area contributed by atoms with E-state index in [0.717, 1.165) is 18.7 Å². The van der Waals surface area contributed by atoms with E-state index in [1.54, 1.807) is 5.56 Å². The Balaban J connectivity index is 2.46. The molecule has 14 heavy (non-hydrogen) atoms. The zero-order valence-electron chi connectivity index (χ0n) is 9.01. The van der Waals surface area contributed by atoms with Crippen LogP contribution in [0.2, 0.25) is 0 Å². The molecule has 0 bridgehead atoms. The number of likely N-dealkylation sites (N-methyl/N-ethyl adjacent to an activating group) is 1. The highest BCUT2D eigenvalue weighted by molar-refractivity contribution is 5.50. The molecule has 2 nitrogen and oxygen atoms in total. The Morgan fingerprint density at radius 3 is 2.93 bits per heavy atom. The van der Waals surface area contributed by atoms with Gasteiger partial charge in [-0.25, -0.2) is 0 Å². The van der Waals surface area contributed by atoms with Crippen LogP contribution in [0.25, 0.3) is 0 Å². The molecule has 0 atom stereocenters. The quantitative estimate of drug-likeness (QED) is 0.684. The molecule has 0 aromatic heterocycles. The molecule has 1 aliphatic rings. The van der Waals surface area contributed by atoms with E-state index in [-0.39, 0.29) is 0 Å². The molecule has 1 aromatic rings. The Bertz CT molecular complexity index is 344. The summed E-state index contributed by atoms with van der Waals surface area (Å²) in [6.07, 6.45) is 2.27. The lowest BCUT2D eigenvalue weighted by atomic mass is 9.93. The van der Waals surface area contributed by atoms with Crippen LogP contribution < -0.4 is 5.73 Å². The molecule has 0 unspecified atom stereocenters. The second-order valence-corrected chi connectivity index (χ2v) is 4.16. The maximum Gasteiger partial charge on any atom is 0.0320 e. The van der Waals surface area contributed by atoms with E-state index in [0.29, 0.717) is 0 Å². The molecule has 1 heterocycles. The Labute approximate surface area is 85.7 Å². The molecule has 2 heteroatoms.